The molecule has 10 nitrogen and oxygen atoms in total. The van der Waals surface area contributed by atoms with Gasteiger partial charge in [-0.1, -0.05) is 6.07 Å². The zero-order valence-electron chi connectivity index (χ0n) is 19.3. The van der Waals surface area contributed by atoms with Gasteiger partial charge in [0.05, 0.1) is 11.6 Å². The number of nitrogens with one attached hydrogen (secondary N) is 2. The number of epoxide rings is 1. The molecule has 176 valence electrons. The molecule has 1 saturated carbocycles. The number of alkyl carbamates (subject to hydrolysis) is 1. The number of fused-ring (bicyclic) bond motifs is 2. The summed E-state index contributed by atoms with van der Waals surface area (Å²) in [5, 5.41) is 10.7. The van der Waals surface area contributed by atoms with E-state index >= 15 is 0 Å². The molecule has 5 rings (SSSR count). The van der Waals surface area contributed by atoms with E-state index in [1.165, 1.54) is 4.90 Å². The standard InChI is InChI=1S/C23H29N5O5/c1-22(2,3)33-21(31)24-14-7-9-23(17(12-14)32-23)13-5-6-15-16(11-13)27(4)26-19(15)28-10-8-18(29)25-20(28)30/h5-6,11,14,17H,7-10,12H2,1-4H3,(H,24,31)(H,25,29,30). The predicted molar refractivity (Wildman–Crippen MR) is 120 cm³/mol. The van der Waals surface area contributed by atoms with Crippen LogP contribution in [0.15, 0.2) is 18.2 Å². The summed E-state index contributed by atoms with van der Waals surface area (Å²) in [5.74, 6) is 0.270. The maximum atomic E-state index is 12.3. The molecule has 3 aliphatic rings. The van der Waals surface area contributed by atoms with Crippen molar-refractivity contribution in [2.24, 2.45) is 7.05 Å². The Balaban J connectivity index is 1.32. The van der Waals surface area contributed by atoms with E-state index in [9.17, 15) is 14.4 Å². The zero-order chi connectivity index (χ0) is 23.5. The Bertz CT molecular complexity index is 1150. The fourth-order valence-corrected chi connectivity index (χ4v) is 4.91. The first-order chi connectivity index (χ1) is 15.6. The molecule has 2 saturated heterocycles. The molecule has 10 heteroatoms. The van der Waals surface area contributed by atoms with Crippen LogP contribution in [-0.2, 0) is 26.9 Å². The lowest BCUT2D eigenvalue weighted by Gasteiger charge is -2.27. The molecular formula is C23H29N5O5. The number of aromatic nitrogens is 2. The second kappa shape index (κ2) is 7.44. The molecule has 2 aliphatic heterocycles. The van der Waals surface area contributed by atoms with Gasteiger partial charge in [-0.15, -0.1) is 0 Å². The van der Waals surface area contributed by atoms with Crippen molar-refractivity contribution >= 4 is 34.8 Å². The molecule has 1 aliphatic carbocycles. The average molecular weight is 456 g/mol. The summed E-state index contributed by atoms with van der Waals surface area (Å²) in [6.07, 6.45) is 2.22. The summed E-state index contributed by atoms with van der Waals surface area (Å²) in [7, 11) is 1.84. The van der Waals surface area contributed by atoms with Crippen molar-refractivity contribution in [3.05, 3.63) is 23.8 Å². The lowest BCUT2D eigenvalue weighted by Crippen LogP contribution is -2.49. The zero-order valence-corrected chi connectivity index (χ0v) is 19.3. The van der Waals surface area contributed by atoms with E-state index in [1.54, 1.807) is 4.68 Å². The van der Waals surface area contributed by atoms with Crippen LogP contribution in [0.5, 0.6) is 0 Å². The maximum Gasteiger partial charge on any atom is 0.407 e. The molecule has 2 N–H and O–H groups in total. The number of nitrogens with zero attached hydrogens (tertiary/aromatic N) is 3. The number of imide groups is 1. The number of anilines is 1. The second-order valence-corrected chi connectivity index (χ2v) is 10.0. The van der Waals surface area contributed by atoms with E-state index in [2.05, 4.69) is 21.8 Å². The van der Waals surface area contributed by atoms with Crippen molar-refractivity contribution in [2.45, 2.75) is 69.8 Å². The lowest BCUT2D eigenvalue weighted by atomic mass is 9.81. The molecule has 0 spiro atoms. The van der Waals surface area contributed by atoms with E-state index in [1.807, 2.05) is 40.0 Å². The minimum atomic E-state index is -0.527. The summed E-state index contributed by atoms with van der Waals surface area (Å²) < 4.78 is 13.3. The minimum Gasteiger partial charge on any atom is -0.444 e. The van der Waals surface area contributed by atoms with Gasteiger partial charge in [0, 0.05) is 31.4 Å². The minimum absolute atomic E-state index is 0.0211. The third-order valence-corrected chi connectivity index (χ3v) is 6.53. The number of benzene rings is 1. The molecule has 1 aromatic carbocycles. The predicted octanol–water partition coefficient (Wildman–Crippen LogP) is 2.69. The van der Waals surface area contributed by atoms with Gasteiger partial charge in [0.1, 0.15) is 11.2 Å². The molecule has 3 unspecified atom stereocenters. The first-order valence-corrected chi connectivity index (χ1v) is 11.3. The molecule has 3 atom stereocenters. The Morgan fingerprint density at radius 2 is 2.12 bits per heavy atom. The number of hydrogen-bond donors (Lipinski definition) is 2. The van der Waals surface area contributed by atoms with Crippen LogP contribution in [0.2, 0.25) is 0 Å². The number of urea groups is 1. The molecule has 0 radical (unpaired) electrons. The van der Waals surface area contributed by atoms with Gasteiger partial charge in [-0.25, -0.2) is 9.59 Å². The summed E-state index contributed by atoms with van der Waals surface area (Å²) in [4.78, 5) is 37.4. The van der Waals surface area contributed by atoms with Gasteiger partial charge in [-0.3, -0.25) is 19.7 Å². The van der Waals surface area contributed by atoms with E-state index in [0.29, 0.717) is 12.4 Å². The summed E-state index contributed by atoms with van der Waals surface area (Å²) in [6, 6.07) is 5.64. The van der Waals surface area contributed by atoms with Crippen molar-refractivity contribution in [1.29, 1.82) is 0 Å². The van der Waals surface area contributed by atoms with E-state index in [0.717, 1.165) is 35.7 Å². The van der Waals surface area contributed by atoms with Crippen LogP contribution in [0.4, 0.5) is 15.4 Å². The highest BCUT2D eigenvalue weighted by molar-refractivity contribution is 6.08. The Morgan fingerprint density at radius 1 is 1.33 bits per heavy atom. The maximum absolute atomic E-state index is 12.3. The van der Waals surface area contributed by atoms with Crippen LogP contribution < -0.4 is 15.5 Å². The van der Waals surface area contributed by atoms with Crippen molar-refractivity contribution in [2.75, 3.05) is 11.4 Å². The monoisotopic (exact) mass is 455 g/mol. The highest BCUT2D eigenvalue weighted by Crippen LogP contribution is 2.55. The normalized spacial score (nSPS) is 27.2. The summed E-state index contributed by atoms with van der Waals surface area (Å²) in [5.41, 5.74) is 1.09. The Labute approximate surface area is 191 Å². The van der Waals surface area contributed by atoms with Crippen molar-refractivity contribution < 1.29 is 23.9 Å². The Kier molecular flexibility index (Phi) is 4.89. The van der Waals surface area contributed by atoms with Crippen LogP contribution in [0.3, 0.4) is 0 Å². The quantitative estimate of drug-likeness (QED) is 0.687. The van der Waals surface area contributed by atoms with Gasteiger partial charge in [0.25, 0.3) is 0 Å². The smallest absolute Gasteiger partial charge is 0.407 e. The van der Waals surface area contributed by atoms with Crippen LogP contribution in [0, 0.1) is 0 Å². The molecule has 2 aromatic rings. The fourth-order valence-electron chi connectivity index (χ4n) is 4.91. The molecule has 3 fully saturated rings. The molecule has 1 aromatic heterocycles. The number of hydrogen-bond acceptors (Lipinski definition) is 6. The molecule has 3 heterocycles. The summed E-state index contributed by atoms with van der Waals surface area (Å²) >= 11 is 0. The van der Waals surface area contributed by atoms with Crippen LogP contribution in [0.1, 0.15) is 52.0 Å². The van der Waals surface area contributed by atoms with Gasteiger partial charge < -0.3 is 14.8 Å². The molecule has 33 heavy (non-hydrogen) atoms. The van der Waals surface area contributed by atoms with E-state index in [4.69, 9.17) is 9.47 Å². The summed E-state index contributed by atoms with van der Waals surface area (Å²) in [6.45, 7) is 5.85. The number of carbonyl (C=O) groups excluding carboxylic acids is 3. The highest BCUT2D eigenvalue weighted by atomic mass is 16.6. The highest BCUT2D eigenvalue weighted by Gasteiger charge is 2.60. The molecule has 4 amide bonds. The van der Waals surface area contributed by atoms with Gasteiger partial charge in [0.2, 0.25) is 5.91 Å². The largest absolute Gasteiger partial charge is 0.444 e. The molecular weight excluding hydrogens is 426 g/mol. The molecule has 0 bridgehead atoms. The van der Waals surface area contributed by atoms with E-state index < -0.39 is 17.7 Å². The number of amides is 4. The van der Waals surface area contributed by atoms with Gasteiger partial charge >= 0.3 is 12.1 Å². The van der Waals surface area contributed by atoms with Crippen molar-refractivity contribution in [3.63, 3.8) is 0 Å². The number of aryl methyl sites for hydroxylation is 1. The number of carbonyl (C=O) groups is 3. The topological polar surface area (TPSA) is 118 Å². The van der Waals surface area contributed by atoms with Gasteiger partial charge in [0.15, 0.2) is 5.82 Å². The number of rotatable bonds is 3. The third-order valence-electron chi connectivity index (χ3n) is 6.53. The second-order valence-electron chi connectivity index (χ2n) is 10.0. The Hall–Kier alpha value is -3.14. The number of ether oxygens (including phenoxy) is 2. The first kappa shape index (κ1) is 21.7. The fraction of sp³-hybridized carbons (Fsp3) is 0.565. The van der Waals surface area contributed by atoms with Crippen molar-refractivity contribution in [1.82, 2.24) is 20.4 Å². The first-order valence-electron chi connectivity index (χ1n) is 11.3. The van der Waals surface area contributed by atoms with Crippen molar-refractivity contribution in [3.8, 4) is 0 Å². The average Bonchev–Trinajstić information content (AvgIpc) is 3.37. The third kappa shape index (κ3) is 3.92. The Morgan fingerprint density at radius 3 is 2.82 bits per heavy atom. The SMILES string of the molecule is Cn1nc(N2CCC(=O)NC2=O)c2ccc(C34CCC(NC(=O)OC(C)(C)C)CC3O4)cc21. The lowest BCUT2D eigenvalue weighted by molar-refractivity contribution is -0.120. The van der Waals surface area contributed by atoms with Gasteiger partial charge in [-0.05, 0) is 57.7 Å². The van der Waals surface area contributed by atoms with Crippen LogP contribution in [0.25, 0.3) is 10.9 Å². The van der Waals surface area contributed by atoms with Crippen LogP contribution in [-0.4, -0.2) is 52.1 Å². The van der Waals surface area contributed by atoms with Gasteiger partial charge in [-0.2, -0.15) is 5.10 Å². The van der Waals surface area contributed by atoms with Crippen LogP contribution >= 0.6 is 0 Å². The van der Waals surface area contributed by atoms with E-state index in [-0.39, 0.29) is 30.1 Å².